The van der Waals surface area contributed by atoms with Gasteiger partial charge in [-0.05, 0) is 19.1 Å². The molecule has 1 aromatic carbocycles. The number of piperazine rings is 1. The van der Waals surface area contributed by atoms with Gasteiger partial charge in [0.2, 0.25) is 5.91 Å². The molecule has 1 aromatic heterocycles. The van der Waals surface area contributed by atoms with Crippen molar-refractivity contribution in [2.45, 2.75) is 13.5 Å². The predicted molar refractivity (Wildman–Crippen MR) is 112 cm³/mol. The van der Waals surface area contributed by atoms with Crippen LogP contribution in [-0.2, 0) is 11.3 Å². The van der Waals surface area contributed by atoms with Gasteiger partial charge in [0.25, 0.3) is 5.91 Å². The van der Waals surface area contributed by atoms with E-state index >= 15 is 0 Å². The Morgan fingerprint density at radius 1 is 1.21 bits per heavy atom. The van der Waals surface area contributed by atoms with Crippen molar-refractivity contribution in [3.8, 4) is 5.75 Å². The molecule has 1 N–H and O–H groups in total. The number of carbonyl (C=O) groups excluding carboxylic acids is 2. The third-order valence-electron chi connectivity index (χ3n) is 4.99. The van der Waals surface area contributed by atoms with Crippen molar-refractivity contribution in [2.75, 3.05) is 45.2 Å². The summed E-state index contributed by atoms with van der Waals surface area (Å²) in [5.74, 6) is 0.181. The van der Waals surface area contributed by atoms with Gasteiger partial charge in [-0.3, -0.25) is 14.3 Å². The van der Waals surface area contributed by atoms with Gasteiger partial charge < -0.3 is 19.9 Å². The molecule has 1 fully saturated rings. The molecule has 1 aliphatic heterocycles. The van der Waals surface area contributed by atoms with Crippen molar-refractivity contribution in [3.63, 3.8) is 0 Å². The fraction of sp³-hybridized carbons (Fsp3) is 0.421. The molecule has 0 atom stereocenters. The lowest BCUT2D eigenvalue weighted by Gasteiger charge is -2.36. The molecule has 10 heteroatoms. The van der Waals surface area contributed by atoms with Gasteiger partial charge >= 0.3 is 0 Å². The molecule has 1 saturated heterocycles. The Labute approximate surface area is 179 Å². The summed E-state index contributed by atoms with van der Waals surface area (Å²) in [6, 6.07) is 5.65. The van der Waals surface area contributed by atoms with E-state index in [-0.39, 0.29) is 29.1 Å². The van der Waals surface area contributed by atoms with Crippen molar-refractivity contribution in [1.82, 2.24) is 20.0 Å². The summed E-state index contributed by atoms with van der Waals surface area (Å²) in [5.41, 5.74) is 1.72. The van der Waals surface area contributed by atoms with Crippen molar-refractivity contribution >= 4 is 40.7 Å². The van der Waals surface area contributed by atoms with Crippen LogP contribution in [0.1, 0.15) is 16.2 Å². The molecule has 2 heterocycles. The number of nitrogens with zero attached hydrogens (tertiary/aromatic N) is 4. The molecule has 0 radical (unpaired) electrons. The highest BCUT2D eigenvalue weighted by molar-refractivity contribution is 6.34. The van der Waals surface area contributed by atoms with Crippen molar-refractivity contribution in [3.05, 3.63) is 39.6 Å². The van der Waals surface area contributed by atoms with Gasteiger partial charge in [-0.1, -0.05) is 23.2 Å². The quantitative estimate of drug-likeness (QED) is 0.772. The Hall–Kier alpha value is -2.45. The lowest BCUT2D eigenvalue weighted by atomic mass is 10.2. The van der Waals surface area contributed by atoms with E-state index in [9.17, 15) is 9.59 Å². The smallest absolute Gasteiger partial charge is 0.273 e. The number of rotatable bonds is 5. The molecule has 3 rings (SSSR count). The van der Waals surface area contributed by atoms with Crippen LogP contribution in [0.4, 0.5) is 5.69 Å². The number of hydrogen-bond donors (Lipinski definition) is 1. The third-order valence-corrected chi connectivity index (χ3v) is 5.76. The molecule has 0 unspecified atom stereocenters. The SMILES string of the molecule is CNC(=O)c1nn(CC(=O)N2CCN(c3ccc(Cl)c(OC)c3)CC2)c(C)c1Cl. The zero-order valence-corrected chi connectivity index (χ0v) is 18.0. The minimum absolute atomic E-state index is 0.0390. The van der Waals surface area contributed by atoms with E-state index in [1.807, 2.05) is 18.2 Å². The van der Waals surface area contributed by atoms with Crippen LogP contribution in [0.3, 0.4) is 0 Å². The van der Waals surface area contributed by atoms with E-state index in [2.05, 4.69) is 15.3 Å². The van der Waals surface area contributed by atoms with Crippen LogP contribution in [0, 0.1) is 6.92 Å². The number of halogens is 2. The number of benzene rings is 1. The van der Waals surface area contributed by atoms with Crippen molar-refractivity contribution in [2.24, 2.45) is 0 Å². The molecule has 2 aromatic rings. The van der Waals surface area contributed by atoms with Gasteiger partial charge in [0.15, 0.2) is 5.69 Å². The van der Waals surface area contributed by atoms with Gasteiger partial charge in [-0.2, -0.15) is 5.10 Å². The predicted octanol–water partition coefficient (Wildman–Crippen LogP) is 2.22. The minimum Gasteiger partial charge on any atom is -0.495 e. The molecular formula is C19H23Cl2N5O3. The Kier molecular flexibility index (Phi) is 6.54. The summed E-state index contributed by atoms with van der Waals surface area (Å²) in [6.07, 6.45) is 0. The van der Waals surface area contributed by atoms with Crippen LogP contribution in [-0.4, -0.2) is 66.8 Å². The van der Waals surface area contributed by atoms with Crippen LogP contribution < -0.4 is 15.0 Å². The molecular weight excluding hydrogens is 417 g/mol. The number of nitrogens with one attached hydrogen (secondary N) is 1. The van der Waals surface area contributed by atoms with E-state index in [1.165, 1.54) is 11.7 Å². The van der Waals surface area contributed by atoms with Gasteiger partial charge in [-0.15, -0.1) is 0 Å². The third kappa shape index (κ3) is 4.43. The Morgan fingerprint density at radius 3 is 2.52 bits per heavy atom. The van der Waals surface area contributed by atoms with Crippen LogP contribution in [0.15, 0.2) is 18.2 Å². The van der Waals surface area contributed by atoms with Gasteiger partial charge in [-0.25, -0.2) is 0 Å². The molecule has 2 amide bonds. The average Bonchev–Trinajstić information content (AvgIpc) is 3.02. The van der Waals surface area contributed by atoms with Crippen LogP contribution >= 0.6 is 23.2 Å². The molecule has 156 valence electrons. The van der Waals surface area contributed by atoms with E-state index < -0.39 is 0 Å². The zero-order valence-electron chi connectivity index (χ0n) is 16.5. The molecule has 0 saturated carbocycles. The topological polar surface area (TPSA) is 79.7 Å². The van der Waals surface area contributed by atoms with Crippen LogP contribution in [0.25, 0.3) is 0 Å². The molecule has 1 aliphatic rings. The standard InChI is InChI=1S/C19H23Cl2N5O3/c1-12-17(21)18(19(28)22-2)23-26(12)11-16(27)25-8-6-24(7-9-25)13-4-5-14(20)15(10-13)29-3/h4-5,10H,6-9,11H2,1-3H3,(H,22,28). The fourth-order valence-electron chi connectivity index (χ4n) is 3.23. The summed E-state index contributed by atoms with van der Waals surface area (Å²) < 4.78 is 6.76. The minimum atomic E-state index is -0.378. The molecule has 29 heavy (non-hydrogen) atoms. The molecule has 0 aliphatic carbocycles. The second kappa shape index (κ2) is 8.92. The highest BCUT2D eigenvalue weighted by atomic mass is 35.5. The second-order valence-electron chi connectivity index (χ2n) is 6.67. The molecule has 8 nitrogen and oxygen atoms in total. The zero-order chi connectivity index (χ0) is 21.1. The maximum atomic E-state index is 12.7. The highest BCUT2D eigenvalue weighted by Gasteiger charge is 2.24. The number of hydrogen-bond acceptors (Lipinski definition) is 5. The Morgan fingerprint density at radius 2 is 1.90 bits per heavy atom. The van der Waals surface area contributed by atoms with Crippen LogP contribution in [0.2, 0.25) is 10.0 Å². The number of aromatic nitrogens is 2. The largest absolute Gasteiger partial charge is 0.495 e. The fourth-order valence-corrected chi connectivity index (χ4v) is 3.64. The summed E-state index contributed by atoms with van der Waals surface area (Å²) >= 11 is 12.3. The van der Waals surface area contributed by atoms with E-state index in [1.54, 1.807) is 18.9 Å². The lowest BCUT2D eigenvalue weighted by Crippen LogP contribution is -2.49. The monoisotopic (exact) mass is 439 g/mol. The summed E-state index contributed by atoms with van der Waals surface area (Å²) in [7, 11) is 3.09. The van der Waals surface area contributed by atoms with Gasteiger partial charge in [0.05, 0.1) is 22.8 Å². The Bertz CT molecular complexity index is 923. The normalized spacial score (nSPS) is 14.1. The van der Waals surface area contributed by atoms with E-state index in [4.69, 9.17) is 27.9 Å². The first kappa shape index (κ1) is 21.3. The van der Waals surface area contributed by atoms with E-state index in [0.29, 0.717) is 42.6 Å². The lowest BCUT2D eigenvalue weighted by molar-refractivity contribution is -0.132. The maximum absolute atomic E-state index is 12.7. The summed E-state index contributed by atoms with van der Waals surface area (Å²) in [6.45, 7) is 4.33. The second-order valence-corrected chi connectivity index (χ2v) is 7.46. The molecule has 0 bridgehead atoms. The van der Waals surface area contributed by atoms with Crippen LogP contribution in [0.5, 0.6) is 5.75 Å². The number of ether oxygens (including phenoxy) is 1. The number of carbonyl (C=O) groups is 2. The maximum Gasteiger partial charge on any atom is 0.273 e. The summed E-state index contributed by atoms with van der Waals surface area (Å²) in [4.78, 5) is 28.5. The highest BCUT2D eigenvalue weighted by Crippen LogP contribution is 2.30. The number of amides is 2. The number of methoxy groups -OCH3 is 1. The Balaban J connectivity index is 1.63. The molecule has 0 spiro atoms. The average molecular weight is 440 g/mol. The first-order valence-electron chi connectivity index (χ1n) is 9.17. The first-order valence-corrected chi connectivity index (χ1v) is 9.92. The van der Waals surface area contributed by atoms with Gasteiger partial charge in [0.1, 0.15) is 12.3 Å². The first-order chi connectivity index (χ1) is 13.8. The van der Waals surface area contributed by atoms with E-state index in [0.717, 1.165) is 5.69 Å². The summed E-state index contributed by atoms with van der Waals surface area (Å²) in [5, 5.41) is 7.51. The van der Waals surface area contributed by atoms with Gasteiger partial charge in [0, 0.05) is 45.0 Å². The van der Waals surface area contributed by atoms with Crippen molar-refractivity contribution in [1.29, 1.82) is 0 Å². The number of anilines is 1. The van der Waals surface area contributed by atoms with Crippen molar-refractivity contribution < 1.29 is 14.3 Å².